The lowest BCUT2D eigenvalue weighted by molar-refractivity contribution is 0.388. The summed E-state index contributed by atoms with van der Waals surface area (Å²) in [5.41, 5.74) is 2.06. The molecule has 0 atom stereocenters. The fourth-order valence-electron chi connectivity index (χ4n) is 1.02. The molecule has 10 heavy (non-hydrogen) atoms. The fraction of sp³-hybridized carbons (Fsp3) is 0.125. The Bertz CT molecular complexity index is 280. The number of pyridine rings is 1. The lowest BCUT2D eigenvalue weighted by Gasteiger charge is -1.92. The highest BCUT2D eigenvalue weighted by Crippen LogP contribution is 2.29. The number of aromatic nitrogens is 1. The van der Waals surface area contributed by atoms with E-state index in [4.69, 9.17) is 4.74 Å². The Morgan fingerprint density at radius 3 is 3.30 bits per heavy atom. The SMILES string of the molecule is C=C1COc2ccncc21. The normalized spacial score (nSPS) is 14.6. The van der Waals surface area contributed by atoms with Crippen LogP contribution in [-0.4, -0.2) is 11.6 Å². The van der Waals surface area contributed by atoms with Crippen LogP contribution in [0.1, 0.15) is 5.56 Å². The largest absolute Gasteiger partial charge is 0.488 e. The van der Waals surface area contributed by atoms with Gasteiger partial charge in [0.2, 0.25) is 0 Å². The molecule has 0 bridgehead atoms. The molecule has 0 spiro atoms. The molecule has 0 fully saturated rings. The Balaban J connectivity index is 2.61. The van der Waals surface area contributed by atoms with Crippen LogP contribution in [0, 0.1) is 0 Å². The standard InChI is InChI=1S/C8H7NO/c1-6-5-10-8-2-3-9-4-7(6)8/h2-4H,1,5H2. The molecule has 0 N–H and O–H groups in total. The minimum absolute atomic E-state index is 0.612. The van der Waals surface area contributed by atoms with Crippen molar-refractivity contribution in [1.29, 1.82) is 0 Å². The number of hydrogen-bond donors (Lipinski definition) is 0. The number of nitrogens with zero attached hydrogens (tertiary/aromatic N) is 1. The van der Waals surface area contributed by atoms with Crippen LogP contribution in [-0.2, 0) is 0 Å². The van der Waals surface area contributed by atoms with Crippen LogP contribution in [0.3, 0.4) is 0 Å². The molecule has 0 unspecified atom stereocenters. The molecule has 0 saturated heterocycles. The van der Waals surface area contributed by atoms with Crippen LogP contribution in [0.4, 0.5) is 0 Å². The summed E-state index contributed by atoms with van der Waals surface area (Å²) in [7, 11) is 0. The van der Waals surface area contributed by atoms with E-state index in [1.54, 1.807) is 12.4 Å². The van der Waals surface area contributed by atoms with E-state index in [9.17, 15) is 0 Å². The summed E-state index contributed by atoms with van der Waals surface area (Å²) in [6, 6.07) is 1.85. The highest BCUT2D eigenvalue weighted by Gasteiger charge is 2.14. The summed E-state index contributed by atoms with van der Waals surface area (Å²) >= 11 is 0. The van der Waals surface area contributed by atoms with E-state index in [2.05, 4.69) is 11.6 Å². The first-order valence-electron chi connectivity index (χ1n) is 3.13. The van der Waals surface area contributed by atoms with Crippen LogP contribution in [0.25, 0.3) is 5.57 Å². The Morgan fingerprint density at radius 1 is 1.60 bits per heavy atom. The minimum atomic E-state index is 0.612. The van der Waals surface area contributed by atoms with Crippen molar-refractivity contribution < 1.29 is 4.74 Å². The maximum atomic E-state index is 5.27. The zero-order valence-corrected chi connectivity index (χ0v) is 5.50. The number of fused-ring (bicyclic) bond motifs is 1. The highest BCUT2D eigenvalue weighted by atomic mass is 16.5. The topological polar surface area (TPSA) is 22.1 Å². The van der Waals surface area contributed by atoms with Crippen LogP contribution in [0.15, 0.2) is 25.0 Å². The molecular formula is C8H7NO. The van der Waals surface area contributed by atoms with Gasteiger partial charge in [0.1, 0.15) is 12.4 Å². The van der Waals surface area contributed by atoms with Crippen molar-refractivity contribution in [3.63, 3.8) is 0 Å². The molecule has 2 heteroatoms. The number of hydrogen-bond acceptors (Lipinski definition) is 2. The Hall–Kier alpha value is -1.31. The predicted octanol–water partition coefficient (Wildman–Crippen LogP) is 1.49. The molecule has 2 rings (SSSR count). The second kappa shape index (κ2) is 1.84. The maximum absolute atomic E-state index is 5.27. The van der Waals surface area contributed by atoms with Crippen molar-refractivity contribution in [2.75, 3.05) is 6.61 Å². The van der Waals surface area contributed by atoms with Gasteiger partial charge in [-0.3, -0.25) is 4.98 Å². The molecule has 0 aromatic carbocycles. The van der Waals surface area contributed by atoms with Gasteiger partial charge in [0.15, 0.2) is 0 Å². The average molecular weight is 133 g/mol. The third kappa shape index (κ3) is 0.620. The molecule has 0 radical (unpaired) electrons. The van der Waals surface area contributed by atoms with Crippen LogP contribution in [0.2, 0.25) is 0 Å². The molecule has 1 aliphatic rings. The van der Waals surface area contributed by atoms with Gasteiger partial charge in [-0.05, 0) is 11.6 Å². The second-order valence-electron chi connectivity index (χ2n) is 2.26. The molecule has 2 heterocycles. The molecule has 50 valence electrons. The molecule has 2 nitrogen and oxygen atoms in total. The minimum Gasteiger partial charge on any atom is -0.488 e. The van der Waals surface area contributed by atoms with Crippen LogP contribution < -0.4 is 4.74 Å². The first-order chi connectivity index (χ1) is 4.88. The van der Waals surface area contributed by atoms with Gasteiger partial charge in [-0.2, -0.15) is 0 Å². The quantitative estimate of drug-likeness (QED) is 0.535. The molecular weight excluding hydrogens is 126 g/mol. The summed E-state index contributed by atoms with van der Waals surface area (Å²) in [4.78, 5) is 3.97. The third-order valence-corrected chi connectivity index (χ3v) is 1.56. The summed E-state index contributed by atoms with van der Waals surface area (Å²) in [5.74, 6) is 0.903. The first kappa shape index (κ1) is 5.47. The van der Waals surface area contributed by atoms with E-state index in [1.807, 2.05) is 6.07 Å². The Kier molecular flexibility index (Phi) is 1.01. The van der Waals surface area contributed by atoms with Crippen LogP contribution >= 0.6 is 0 Å². The lowest BCUT2D eigenvalue weighted by atomic mass is 10.2. The van der Waals surface area contributed by atoms with Gasteiger partial charge in [0.05, 0.1) is 0 Å². The fourth-order valence-corrected chi connectivity index (χ4v) is 1.02. The Morgan fingerprint density at radius 2 is 2.50 bits per heavy atom. The van der Waals surface area contributed by atoms with Gasteiger partial charge >= 0.3 is 0 Å². The van der Waals surface area contributed by atoms with E-state index >= 15 is 0 Å². The predicted molar refractivity (Wildman–Crippen MR) is 38.8 cm³/mol. The van der Waals surface area contributed by atoms with Gasteiger partial charge in [0, 0.05) is 18.0 Å². The first-order valence-corrected chi connectivity index (χ1v) is 3.13. The van der Waals surface area contributed by atoms with Crippen molar-refractivity contribution in [2.24, 2.45) is 0 Å². The summed E-state index contributed by atoms with van der Waals surface area (Å²) in [6.45, 7) is 4.44. The second-order valence-corrected chi connectivity index (χ2v) is 2.26. The van der Waals surface area contributed by atoms with E-state index in [0.29, 0.717) is 6.61 Å². The van der Waals surface area contributed by atoms with Crippen molar-refractivity contribution in [2.45, 2.75) is 0 Å². The van der Waals surface area contributed by atoms with E-state index in [-0.39, 0.29) is 0 Å². The van der Waals surface area contributed by atoms with Crippen molar-refractivity contribution in [3.8, 4) is 5.75 Å². The van der Waals surface area contributed by atoms with Gasteiger partial charge < -0.3 is 4.74 Å². The van der Waals surface area contributed by atoms with Gasteiger partial charge in [-0.25, -0.2) is 0 Å². The lowest BCUT2D eigenvalue weighted by Crippen LogP contribution is -1.84. The van der Waals surface area contributed by atoms with E-state index in [0.717, 1.165) is 16.9 Å². The van der Waals surface area contributed by atoms with Crippen LogP contribution in [0.5, 0.6) is 5.75 Å². The van der Waals surface area contributed by atoms with Crippen molar-refractivity contribution in [3.05, 3.63) is 30.6 Å². The summed E-state index contributed by atoms with van der Waals surface area (Å²) < 4.78 is 5.27. The zero-order chi connectivity index (χ0) is 6.97. The summed E-state index contributed by atoms with van der Waals surface area (Å²) in [6.07, 6.45) is 3.50. The highest BCUT2D eigenvalue weighted by molar-refractivity contribution is 5.72. The average Bonchev–Trinajstić information content (AvgIpc) is 2.34. The monoisotopic (exact) mass is 133 g/mol. The molecule has 0 aliphatic carbocycles. The maximum Gasteiger partial charge on any atom is 0.130 e. The summed E-state index contributed by atoms with van der Waals surface area (Å²) in [5, 5.41) is 0. The molecule has 1 aromatic rings. The molecule has 1 aliphatic heterocycles. The van der Waals surface area contributed by atoms with Gasteiger partial charge in [-0.15, -0.1) is 0 Å². The van der Waals surface area contributed by atoms with E-state index < -0.39 is 0 Å². The van der Waals surface area contributed by atoms with E-state index in [1.165, 1.54) is 0 Å². The van der Waals surface area contributed by atoms with Gasteiger partial charge in [-0.1, -0.05) is 6.58 Å². The molecule has 1 aromatic heterocycles. The van der Waals surface area contributed by atoms with Gasteiger partial charge in [0.25, 0.3) is 0 Å². The molecule has 0 amide bonds. The van der Waals surface area contributed by atoms with Crippen molar-refractivity contribution in [1.82, 2.24) is 4.98 Å². The zero-order valence-electron chi connectivity index (χ0n) is 5.50. The molecule has 0 saturated carbocycles. The smallest absolute Gasteiger partial charge is 0.130 e. The number of ether oxygens (including phenoxy) is 1. The number of rotatable bonds is 0. The van der Waals surface area contributed by atoms with Crippen molar-refractivity contribution >= 4 is 5.57 Å². The Labute approximate surface area is 59.2 Å². The third-order valence-electron chi connectivity index (χ3n) is 1.56.